The van der Waals surface area contributed by atoms with Crippen LogP contribution < -0.4 is 9.64 Å². The Labute approximate surface area is 151 Å². The molecule has 8 nitrogen and oxygen atoms in total. The summed E-state index contributed by atoms with van der Waals surface area (Å²) in [5.41, 5.74) is 0.551. The van der Waals surface area contributed by atoms with Crippen molar-refractivity contribution in [1.29, 1.82) is 0 Å². The van der Waals surface area contributed by atoms with E-state index in [1.165, 1.54) is 28.6 Å². The van der Waals surface area contributed by atoms with E-state index < -0.39 is 20.6 Å². The van der Waals surface area contributed by atoms with Crippen molar-refractivity contribution in [3.05, 3.63) is 58.6 Å². The number of benzene rings is 2. The van der Waals surface area contributed by atoms with Crippen LogP contribution in [0.1, 0.15) is 0 Å². The number of nitro benzene ring substituents is 1. The first-order chi connectivity index (χ1) is 12.4. The van der Waals surface area contributed by atoms with Crippen LogP contribution in [0.25, 0.3) is 0 Å². The zero-order valence-electron chi connectivity index (χ0n) is 14.2. The van der Waals surface area contributed by atoms with E-state index in [1.807, 2.05) is 24.3 Å². The summed E-state index contributed by atoms with van der Waals surface area (Å²) >= 11 is 0. The third kappa shape index (κ3) is 3.49. The van der Waals surface area contributed by atoms with E-state index in [1.54, 1.807) is 7.11 Å². The van der Waals surface area contributed by atoms with Gasteiger partial charge >= 0.3 is 0 Å². The van der Waals surface area contributed by atoms with Gasteiger partial charge in [0.1, 0.15) is 5.75 Å². The van der Waals surface area contributed by atoms with E-state index in [0.29, 0.717) is 13.1 Å². The van der Waals surface area contributed by atoms with Crippen LogP contribution in [0.5, 0.6) is 5.75 Å². The highest BCUT2D eigenvalue weighted by atomic mass is 32.2. The molecular weight excluding hydrogens is 358 g/mol. The monoisotopic (exact) mass is 377 g/mol. The average Bonchev–Trinajstić information content (AvgIpc) is 2.68. The summed E-state index contributed by atoms with van der Waals surface area (Å²) in [6.07, 6.45) is 0. The quantitative estimate of drug-likeness (QED) is 0.585. The summed E-state index contributed by atoms with van der Waals surface area (Å²) in [5.74, 6) is 0.734. The lowest BCUT2D eigenvalue weighted by Gasteiger charge is -2.35. The molecule has 0 saturated carbocycles. The maximum Gasteiger partial charge on any atom is 0.289 e. The molecule has 0 atom stereocenters. The van der Waals surface area contributed by atoms with Crippen molar-refractivity contribution in [2.45, 2.75) is 4.90 Å². The molecule has 0 aromatic heterocycles. The minimum absolute atomic E-state index is 0.256. The van der Waals surface area contributed by atoms with Gasteiger partial charge in [0.05, 0.1) is 12.0 Å². The molecular formula is C17H19N3O5S. The van der Waals surface area contributed by atoms with Gasteiger partial charge in [0, 0.05) is 44.0 Å². The molecule has 2 aromatic rings. The molecule has 138 valence electrons. The molecule has 0 spiro atoms. The number of nitrogens with zero attached hydrogens (tertiary/aromatic N) is 3. The molecule has 1 fully saturated rings. The Kier molecular flexibility index (Phi) is 5.10. The summed E-state index contributed by atoms with van der Waals surface area (Å²) in [6.45, 7) is 1.50. The minimum Gasteiger partial charge on any atom is -0.497 e. The Balaban J connectivity index is 1.78. The lowest BCUT2D eigenvalue weighted by molar-refractivity contribution is -0.387. The Morgan fingerprint density at radius 1 is 1.04 bits per heavy atom. The molecule has 1 aliphatic heterocycles. The molecule has 3 rings (SSSR count). The van der Waals surface area contributed by atoms with Crippen LogP contribution in [-0.4, -0.2) is 50.9 Å². The highest BCUT2D eigenvalue weighted by Crippen LogP contribution is 2.28. The Bertz CT molecular complexity index is 908. The minimum atomic E-state index is -3.92. The summed E-state index contributed by atoms with van der Waals surface area (Å²) in [4.78, 5) is 12.3. The number of rotatable bonds is 5. The fraction of sp³-hybridized carbons (Fsp3) is 0.294. The van der Waals surface area contributed by atoms with Crippen LogP contribution in [0.3, 0.4) is 0 Å². The fourth-order valence-corrected chi connectivity index (χ4v) is 4.54. The number of sulfonamides is 1. The van der Waals surface area contributed by atoms with Crippen LogP contribution in [0, 0.1) is 10.1 Å². The Hall–Kier alpha value is -2.65. The average molecular weight is 377 g/mol. The third-order valence-corrected chi connectivity index (χ3v) is 6.28. The molecule has 0 amide bonds. The van der Waals surface area contributed by atoms with Gasteiger partial charge in [-0.1, -0.05) is 18.2 Å². The first-order valence-corrected chi connectivity index (χ1v) is 9.50. The van der Waals surface area contributed by atoms with Gasteiger partial charge in [0.15, 0.2) is 4.90 Å². The van der Waals surface area contributed by atoms with Gasteiger partial charge in [0.25, 0.3) is 5.69 Å². The largest absolute Gasteiger partial charge is 0.497 e. The number of ether oxygens (including phenoxy) is 1. The van der Waals surface area contributed by atoms with Crippen molar-refractivity contribution in [2.75, 3.05) is 38.2 Å². The summed E-state index contributed by atoms with van der Waals surface area (Å²) < 4.78 is 32.2. The van der Waals surface area contributed by atoms with E-state index in [0.717, 1.165) is 11.4 Å². The fourth-order valence-electron chi connectivity index (χ4n) is 2.96. The summed E-state index contributed by atoms with van der Waals surface area (Å²) in [7, 11) is -2.32. The molecule has 1 aliphatic rings. The van der Waals surface area contributed by atoms with E-state index in [2.05, 4.69) is 4.90 Å². The number of hydrogen-bond acceptors (Lipinski definition) is 6. The molecule has 1 saturated heterocycles. The first-order valence-electron chi connectivity index (χ1n) is 8.06. The smallest absolute Gasteiger partial charge is 0.289 e. The second kappa shape index (κ2) is 7.30. The Morgan fingerprint density at radius 2 is 1.73 bits per heavy atom. The highest BCUT2D eigenvalue weighted by molar-refractivity contribution is 7.89. The van der Waals surface area contributed by atoms with Crippen LogP contribution in [0.2, 0.25) is 0 Å². The zero-order valence-corrected chi connectivity index (χ0v) is 15.1. The predicted octanol–water partition coefficient (Wildman–Crippen LogP) is 2.11. The lowest BCUT2D eigenvalue weighted by atomic mass is 10.2. The van der Waals surface area contributed by atoms with Gasteiger partial charge < -0.3 is 9.64 Å². The summed E-state index contributed by atoms with van der Waals surface area (Å²) in [6, 6.07) is 13.0. The number of para-hydroxylation sites is 1. The molecule has 0 bridgehead atoms. The maximum atomic E-state index is 12.8. The lowest BCUT2D eigenvalue weighted by Crippen LogP contribution is -2.48. The van der Waals surface area contributed by atoms with E-state index >= 15 is 0 Å². The van der Waals surface area contributed by atoms with Gasteiger partial charge in [-0.3, -0.25) is 10.1 Å². The van der Waals surface area contributed by atoms with Crippen LogP contribution >= 0.6 is 0 Å². The van der Waals surface area contributed by atoms with E-state index in [-0.39, 0.29) is 18.0 Å². The summed E-state index contributed by atoms with van der Waals surface area (Å²) in [5, 5.41) is 11.2. The Morgan fingerprint density at radius 3 is 2.38 bits per heavy atom. The van der Waals surface area contributed by atoms with Crippen molar-refractivity contribution in [3.8, 4) is 5.75 Å². The standard InChI is InChI=1S/C17H19N3O5S/c1-25-15-6-4-5-14(13-15)18-9-11-19(12-10-18)26(23,24)17-8-3-2-7-16(17)20(21)22/h2-8,13H,9-12H2,1H3. The van der Waals surface area contributed by atoms with Crippen LogP contribution in [0.4, 0.5) is 11.4 Å². The molecule has 0 unspecified atom stereocenters. The first kappa shape index (κ1) is 18.2. The van der Waals surface area contributed by atoms with Crippen molar-refractivity contribution >= 4 is 21.4 Å². The van der Waals surface area contributed by atoms with Crippen molar-refractivity contribution in [2.24, 2.45) is 0 Å². The van der Waals surface area contributed by atoms with Crippen molar-refractivity contribution < 1.29 is 18.1 Å². The molecule has 1 heterocycles. The number of piperazine rings is 1. The molecule has 9 heteroatoms. The maximum absolute atomic E-state index is 12.8. The van der Waals surface area contributed by atoms with Gasteiger partial charge in [-0.15, -0.1) is 0 Å². The van der Waals surface area contributed by atoms with Crippen molar-refractivity contribution in [3.63, 3.8) is 0 Å². The number of hydrogen-bond donors (Lipinski definition) is 0. The zero-order chi connectivity index (χ0) is 18.7. The topological polar surface area (TPSA) is 93.0 Å². The van der Waals surface area contributed by atoms with Crippen LogP contribution in [-0.2, 0) is 10.0 Å². The number of methoxy groups -OCH3 is 1. The number of anilines is 1. The van der Waals surface area contributed by atoms with Gasteiger partial charge in [0.2, 0.25) is 10.0 Å². The molecule has 26 heavy (non-hydrogen) atoms. The number of nitro groups is 1. The predicted molar refractivity (Wildman–Crippen MR) is 97.1 cm³/mol. The SMILES string of the molecule is COc1cccc(N2CCN(S(=O)(=O)c3ccccc3[N+](=O)[O-])CC2)c1. The van der Waals surface area contributed by atoms with Crippen molar-refractivity contribution in [1.82, 2.24) is 4.31 Å². The second-order valence-electron chi connectivity index (χ2n) is 5.82. The third-order valence-electron chi connectivity index (χ3n) is 4.34. The molecule has 0 aliphatic carbocycles. The highest BCUT2D eigenvalue weighted by Gasteiger charge is 2.33. The van der Waals surface area contributed by atoms with Gasteiger partial charge in [-0.05, 0) is 18.2 Å². The van der Waals surface area contributed by atoms with E-state index in [9.17, 15) is 18.5 Å². The van der Waals surface area contributed by atoms with Gasteiger partial charge in [-0.25, -0.2) is 8.42 Å². The van der Waals surface area contributed by atoms with E-state index in [4.69, 9.17) is 4.74 Å². The van der Waals surface area contributed by atoms with Gasteiger partial charge in [-0.2, -0.15) is 4.31 Å². The van der Waals surface area contributed by atoms with Crippen LogP contribution in [0.15, 0.2) is 53.4 Å². The second-order valence-corrected chi connectivity index (χ2v) is 7.72. The normalized spacial score (nSPS) is 15.7. The molecule has 0 N–H and O–H groups in total. The molecule has 2 aromatic carbocycles. The molecule has 0 radical (unpaired) electrons.